The summed E-state index contributed by atoms with van der Waals surface area (Å²) in [6.07, 6.45) is 8.26. The number of unbranched alkanes of at least 4 members (excludes halogenated alkanes) is 1. The molecule has 0 spiro atoms. The standard InChI is InChI=1S/C27H27N/c28-18-8-7-15-26(23-17-16-19-9-1-2-10-20(19)23)27-24-13-5-3-11-21(24)22-12-4-6-14-25(22)27/h1-6,9-14,16-17,23,26-27H,7-8,15,18,28H2. The SMILES string of the molecule is NCCCCC(C1C=Cc2ccccc21)C1c2ccccc2-c2ccccc21. The molecule has 0 fully saturated rings. The summed E-state index contributed by atoms with van der Waals surface area (Å²) in [5, 5.41) is 0. The molecule has 1 nitrogen and oxygen atoms in total. The highest BCUT2D eigenvalue weighted by Gasteiger charge is 2.38. The van der Waals surface area contributed by atoms with Crippen molar-refractivity contribution in [1.29, 1.82) is 0 Å². The summed E-state index contributed by atoms with van der Waals surface area (Å²) in [5.74, 6) is 1.47. The first-order valence-electron chi connectivity index (χ1n) is 10.5. The summed E-state index contributed by atoms with van der Waals surface area (Å²) in [6, 6.07) is 26.9. The molecule has 1 heteroatoms. The predicted octanol–water partition coefficient (Wildman–Crippen LogP) is 6.35. The van der Waals surface area contributed by atoms with Gasteiger partial charge in [0.05, 0.1) is 0 Å². The van der Waals surface area contributed by atoms with Crippen LogP contribution in [-0.2, 0) is 0 Å². The van der Waals surface area contributed by atoms with E-state index in [1.54, 1.807) is 0 Å². The van der Waals surface area contributed by atoms with Crippen molar-refractivity contribution in [2.45, 2.75) is 31.1 Å². The van der Waals surface area contributed by atoms with E-state index in [1.165, 1.54) is 46.2 Å². The van der Waals surface area contributed by atoms with Crippen LogP contribution in [0.5, 0.6) is 0 Å². The molecule has 2 unspecified atom stereocenters. The second-order valence-electron chi connectivity index (χ2n) is 8.11. The van der Waals surface area contributed by atoms with Gasteiger partial charge in [0.25, 0.3) is 0 Å². The average molecular weight is 366 g/mol. The maximum atomic E-state index is 5.84. The summed E-state index contributed by atoms with van der Waals surface area (Å²) in [5.41, 5.74) is 14.5. The molecule has 0 aliphatic heterocycles. The van der Waals surface area contributed by atoms with E-state index < -0.39 is 0 Å². The van der Waals surface area contributed by atoms with E-state index in [1.807, 2.05) is 0 Å². The molecule has 2 N–H and O–H groups in total. The van der Waals surface area contributed by atoms with E-state index in [0.717, 1.165) is 13.0 Å². The Morgan fingerprint density at radius 2 is 1.32 bits per heavy atom. The van der Waals surface area contributed by atoms with Crippen LogP contribution < -0.4 is 5.73 Å². The maximum absolute atomic E-state index is 5.84. The van der Waals surface area contributed by atoms with Crippen molar-refractivity contribution in [2.75, 3.05) is 6.54 Å². The monoisotopic (exact) mass is 365 g/mol. The molecule has 0 amide bonds. The zero-order valence-corrected chi connectivity index (χ0v) is 16.2. The minimum absolute atomic E-state index is 0.450. The van der Waals surface area contributed by atoms with Crippen LogP contribution in [0.2, 0.25) is 0 Å². The molecule has 140 valence electrons. The zero-order valence-electron chi connectivity index (χ0n) is 16.2. The Kier molecular flexibility index (Phi) is 4.62. The van der Waals surface area contributed by atoms with Gasteiger partial charge in [0.2, 0.25) is 0 Å². The maximum Gasteiger partial charge on any atom is 0.0139 e. The molecule has 3 aromatic rings. The average Bonchev–Trinajstić information content (AvgIpc) is 3.31. The van der Waals surface area contributed by atoms with Crippen molar-refractivity contribution in [3.63, 3.8) is 0 Å². The molecule has 5 rings (SSSR count). The third-order valence-electron chi connectivity index (χ3n) is 6.60. The molecular formula is C27H27N. The Morgan fingerprint density at radius 1 is 0.714 bits per heavy atom. The van der Waals surface area contributed by atoms with E-state index in [4.69, 9.17) is 5.73 Å². The highest BCUT2D eigenvalue weighted by Crippen LogP contribution is 2.54. The number of nitrogens with two attached hydrogens (primary N) is 1. The van der Waals surface area contributed by atoms with Crippen molar-refractivity contribution in [3.05, 3.63) is 101 Å². The van der Waals surface area contributed by atoms with Gasteiger partial charge in [-0.1, -0.05) is 91.4 Å². The smallest absolute Gasteiger partial charge is 0.0139 e. The lowest BCUT2D eigenvalue weighted by atomic mass is 9.72. The van der Waals surface area contributed by atoms with E-state index in [9.17, 15) is 0 Å². The highest BCUT2D eigenvalue weighted by atomic mass is 14.5. The predicted molar refractivity (Wildman–Crippen MR) is 118 cm³/mol. The van der Waals surface area contributed by atoms with Gasteiger partial charge in [0, 0.05) is 11.8 Å². The van der Waals surface area contributed by atoms with Crippen molar-refractivity contribution < 1.29 is 0 Å². The molecule has 0 heterocycles. The lowest BCUT2D eigenvalue weighted by molar-refractivity contribution is 0.387. The van der Waals surface area contributed by atoms with Crippen LogP contribution in [0.4, 0.5) is 0 Å². The van der Waals surface area contributed by atoms with Gasteiger partial charge in [-0.05, 0) is 58.7 Å². The molecule has 2 aliphatic carbocycles. The second-order valence-corrected chi connectivity index (χ2v) is 8.11. The van der Waals surface area contributed by atoms with Crippen molar-refractivity contribution in [3.8, 4) is 11.1 Å². The Hall–Kier alpha value is -2.64. The number of hydrogen-bond donors (Lipinski definition) is 1. The second kappa shape index (κ2) is 7.41. The van der Waals surface area contributed by atoms with Gasteiger partial charge in [0.1, 0.15) is 0 Å². The lowest BCUT2D eigenvalue weighted by Gasteiger charge is -2.31. The Labute approximate surface area is 167 Å². The Morgan fingerprint density at radius 3 is 2.00 bits per heavy atom. The number of fused-ring (bicyclic) bond motifs is 4. The first kappa shape index (κ1) is 17.5. The third kappa shape index (κ3) is 2.82. The minimum Gasteiger partial charge on any atom is -0.330 e. The summed E-state index contributed by atoms with van der Waals surface area (Å²) in [4.78, 5) is 0. The van der Waals surface area contributed by atoms with Gasteiger partial charge in [0.15, 0.2) is 0 Å². The number of allylic oxidation sites excluding steroid dienone is 1. The Bertz CT molecular complexity index is 971. The summed E-state index contributed by atoms with van der Waals surface area (Å²) in [6.45, 7) is 0.779. The number of benzene rings is 3. The van der Waals surface area contributed by atoms with Crippen molar-refractivity contribution >= 4 is 6.08 Å². The fraction of sp³-hybridized carbons (Fsp3) is 0.259. The van der Waals surface area contributed by atoms with Crippen molar-refractivity contribution in [1.82, 2.24) is 0 Å². The third-order valence-corrected chi connectivity index (χ3v) is 6.60. The molecule has 0 bridgehead atoms. The fourth-order valence-electron chi connectivity index (χ4n) is 5.38. The molecule has 0 aromatic heterocycles. The quantitative estimate of drug-likeness (QED) is 0.506. The van der Waals surface area contributed by atoms with Crippen LogP contribution in [0.25, 0.3) is 17.2 Å². The summed E-state index contributed by atoms with van der Waals surface area (Å²) in [7, 11) is 0. The summed E-state index contributed by atoms with van der Waals surface area (Å²) >= 11 is 0. The molecule has 0 saturated carbocycles. The molecule has 0 saturated heterocycles. The molecule has 3 aromatic carbocycles. The van der Waals surface area contributed by atoms with Crippen LogP contribution in [0.1, 0.15) is 53.4 Å². The van der Waals surface area contributed by atoms with Gasteiger partial charge in [-0.2, -0.15) is 0 Å². The van der Waals surface area contributed by atoms with Gasteiger partial charge in [-0.25, -0.2) is 0 Å². The van der Waals surface area contributed by atoms with Crippen LogP contribution in [-0.4, -0.2) is 6.54 Å². The van der Waals surface area contributed by atoms with Crippen LogP contribution in [0, 0.1) is 5.92 Å². The van der Waals surface area contributed by atoms with Crippen LogP contribution >= 0.6 is 0 Å². The van der Waals surface area contributed by atoms with E-state index in [-0.39, 0.29) is 0 Å². The zero-order chi connectivity index (χ0) is 18.9. The fourth-order valence-corrected chi connectivity index (χ4v) is 5.38. The van der Waals surface area contributed by atoms with Crippen LogP contribution in [0.3, 0.4) is 0 Å². The lowest BCUT2D eigenvalue weighted by Crippen LogP contribution is -2.19. The largest absolute Gasteiger partial charge is 0.330 e. The first-order chi connectivity index (χ1) is 13.9. The van der Waals surface area contributed by atoms with Gasteiger partial charge < -0.3 is 5.73 Å². The van der Waals surface area contributed by atoms with E-state index >= 15 is 0 Å². The molecule has 0 radical (unpaired) electrons. The van der Waals surface area contributed by atoms with Gasteiger partial charge in [-0.3, -0.25) is 0 Å². The van der Waals surface area contributed by atoms with E-state index in [0.29, 0.717) is 17.8 Å². The molecule has 2 aliphatic rings. The normalized spacial score (nSPS) is 18.0. The van der Waals surface area contributed by atoms with Gasteiger partial charge >= 0.3 is 0 Å². The molecular weight excluding hydrogens is 338 g/mol. The molecule has 2 atom stereocenters. The van der Waals surface area contributed by atoms with E-state index in [2.05, 4.69) is 84.9 Å². The minimum atomic E-state index is 0.450. The summed E-state index contributed by atoms with van der Waals surface area (Å²) < 4.78 is 0. The number of hydrogen-bond acceptors (Lipinski definition) is 1. The van der Waals surface area contributed by atoms with Crippen molar-refractivity contribution in [2.24, 2.45) is 11.7 Å². The first-order valence-corrected chi connectivity index (χ1v) is 10.5. The Balaban J connectivity index is 1.61. The topological polar surface area (TPSA) is 26.0 Å². The number of rotatable bonds is 6. The van der Waals surface area contributed by atoms with Gasteiger partial charge in [-0.15, -0.1) is 0 Å². The molecule has 28 heavy (non-hydrogen) atoms. The van der Waals surface area contributed by atoms with Crippen LogP contribution in [0.15, 0.2) is 78.9 Å². The highest BCUT2D eigenvalue weighted by molar-refractivity contribution is 5.79.